The molecule has 1 atom stereocenters. The lowest BCUT2D eigenvalue weighted by atomic mass is 10.0. The van der Waals surface area contributed by atoms with E-state index < -0.39 is 0 Å². The second-order valence-corrected chi connectivity index (χ2v) is 4.15. The van der Waals surface area contributed by atoms with Crippen LogP contribution < -0.4 is 5.32 Å². The summed E-state index contributed by atoms with van der Waals surface area (Å²) in [4.78, 5) is 11.6. The number of hydrogen-bond acceptors (Lipinski definition) is 1. The fraction of sp³-hybridized carbons (Fsp3) is 0.462. The molecule has 0 saturated carbocycles. The van der Waals surface area contributed by atoms with Gasteiger partial charge in [0.1, 0.15) is 5.82 Å². The molecule has 0 aliphatic heterocycles. The van der Waals surface area contributed by atoms with Crippen LogP contribution in [0.4, 0.5) is 10.1 Å². The first-order valence-electron chi connectivity index (χ1n) is 5.67. The third-order valence-corrected chi connectivity index (χ3v) is 2.44. The minimum absolute atomic E-state index is 0.00689. The molecular weight excluding hydrogens is 205 g/mol. The Morgan fingerprint density at radius 1 is 1.38 bits per heavy atom. The minimum Gasteiger partial charge on any atom is -0.326 e. The van der Waals surface area contributed by atoms with Gasteiger partial charge in [-0.05, 0) is 30.2 Å². The van der Waals surface area contributed by atoms with Crippen LogP contribution in [0.25, 0.3) is 0 Å². The molecule has 0 fully saturated rings. The van der Waals surface area contributed by atoms with Gasteiger partial charge in [-0.25, -0.2) is 4.39 Å². The molecule has 1 rings (SSSR count). The normalized spacial score (nSPS) is 12.2. The number of benzene rings is 1. The highest BCUT2D eigenvalue weighted by atomic mass is 19.1. The Kier molecular flexibility index (Phi) is 4.96. The van der Waals surface area contributed by atoms with Gasteiger partial charge in [0.2, 0.25) is 5.91 Å². The molecule has 1 aromatic rings. The lowest BCUT2D eigenvalue weighted by Gasteiger charge is -2.10. The molecule has 0 aliphatic rings. The highest BCUT2D eigenvalue weighted by molar-refractivity contribution is 5.90. The molecule has 88 valence electrons. The standard InChI is InChI=1S/C13H18FNO/c1-3-4-10(2)9-13(16)15-12-7-5-11(14)6-8-12/h5-8,10H,3-4,9H2,1-2H3,(H,15,16). The molecule has 3 heteroatoms. The molecule has 1 amide bonds. The van der Waals surface area contributed by atoms with Crippen molar-refractivity contribution < 1.29 is 9.18 Å². The zero-order valence-corrected chi connectivity index (χ0v) is 9.79. The first kappa shape index (κ1) is 12.7. The molecule has 1 N–H and O–H groups in total. The summed E-state index contributed by atoms with van der Waals surface area (Å²) in [6.07, 6.45) is 2.66. The van der Waals surface area contributed by atoms with Crippen LogP contribution in [0, 0.1) is 11.7 Å². The van der Waals surface area contributed by atoms with Crippen LogP contribution >= 0.6 is 0 Å². The maximum atomic E-state index is 12.6. The number of hydrogen-bond donors (Lipinski definition) is 1. The zero-order valence-electron chi connectivity index (χ0n) is 9.79. The summed E-state index contributed by atoms with van der Waals surface area (Å²) in [6, 6.07) is 5.81. The molecule has 1 aromatic carbocycles. The molecule has 0 aromatic heterocycles. The second-order valence-electron chi connectivity index (χ2n) is 4.15. The first-order chi connectivity index (χ1) is 7.61. The van der Waals surface area contributed by atoms with Crippen LogP contribution in [-0.4, -0.2) is 5.91 Å². The number of rotatable bonds is 5. The molecular formula is C13H18FNO. The van der Waals surface area contributed by atoms with E-state index in [0.29, 0.717) is 18.0 Å². The van der Waals surface area contributed by atoms with Gasteiger partial charge in [-0.15, -0.1) is 0 Å². The summed E-state index contributed by atoms with van der Waals surface area (Å²) >= 11 is 0. The molecule has 2 nitrogen and oxygen atoms in total. The Bertz CT molecular complexity index is 334. The van der Waals surface area contributed by atoms with Gasteiger partial charge in [-0.1, -0.05) is 26.7 Å². The van der Waals surface area contributed by atoms with Crippen LogP contribution in [0.2, 0.25) is 0 Å². The predicted molar refractivity (Wildman–Crippen MR) is 63.7 cm³/mol. The van der Waals surface area contributed by atoms with E-state index in [2.05, 4.69) is 19.2 Å². The SMILES string of the molecule is CCCC(C)CC(=O)Nc1ccc(F)cc1. The van der Waals surface area contributed by atoms with E-state index in [0.717, 1.165) is 12.8 Å². The molecule has 0 saturated heterocycles. The largest absolute Gasteiger partial charge is 0.326 e. The van der Waals surface area contributed by atoms with Gasteiger partial charge in [0.25, 0.3) is 0 Å². The van der Waals surface area contributed by atoms with Gasteiger partial charge < -0.3 is 5.32 Å². The fourth-order valence-corrected chi connectivity index (χ4v) is 1.66. The summed E-state index contributed by atoms with van der Waals surface area (Å²) < 4.78 is 12.6. The van der Waals surface area contributed by atoms with Crippen molar-refractivity contribution in [3.05, 3.63) is 30.1 Å². The Hall–Kier alpha value is -1.38. The summed E-state index contributed by atoms with van der Waals surface area (Å²) in [5, 5.41) is 2.75. The smallest absolute Gasteiger partial charge is 0.224 e. The molecule has 1 unspecified atom stereocenters. The topological polar surface area (TPSA) is 29.1 Å². The molecule has 0 bridgehead atoms. The van der Waals surface area contributed by atoms with E-state index in [1.165, 1.54) is 12.1 Å². The van der Waals surface area contributed by atoms with Crippen molar-refractivity contribution in [2.45, 2.75) is 33.1 Å². The Balaban J connectivity index is 2.42. The average molecular weight is 223 g/mol. The van der Waals surface area contributed by atoms with E-state index in [1.807, 2.05) is 0 Å². The van der Waals surface area contributed by atoms with E-state index in [1.54, 1.807) is 12.1 Å². The summed E-state index contributed by atoms with van der Waals surface area (Å²) in [5.74, 6) is 0.0929. The van der Waals surface area contributed by atoms with Gasteiger partial charge >= 0.3 is 0 Å². The number of carbonyl (C=O) groups excluding carboxylic acids is 1. The summed E-state index contributed by atoms with van der Waals surface area (Å²) in [7, 11) is 0. The van der Waals surface area contributed by atoms with Crippen LogP contribution in [-0.2, 0) is 4.79 Å². The highest BCUT2D eigenvalue weighted by Crippen LogP contribution is 2.13. The molecule has 0 heterocycles. The average Bonchev–Trinajstić information content (AvgIpc) is 2.21. The van der Waals surface area contributed by atoms with Gasteiger partial charge in [0.05, 0.1) is 0 Å². The maximum Gasteiger partial charge on any atom is 0.224 e. The first-order valence-corrected chi connectivity index (χ1v) is 5.67. The predicted octanol–water partition coefficient (Wildman–Crippen LogP) is 3.59. The van der Waals surface area contributed by atoms with Gasteiger partial charge in [0, 0.05) is 12.1 Å². The van der Waals surface area contributed by atoms with Crippen molar-refractivity contribution in [2.75, 3.05) is 5.32 Å². The Labute approximate surface area is 95.9 Å². The van der Waals surface area contributed by atoms with Crippen molar-refractivity contribution in [2.24, 2.45) is 5.92 Å². The number of anilines is 1. The van der Waals surface area contributed by atoms with E-state index >= 15 is 0 Å². The quantitative estimate of drug-likeness (QED) is 0.812. The van der Waals surface area contributed by atoms with Gasteiger partial charge in [0.15, 0.2) is 0 Å². The Morgan fingerprint density at radius 3 is 2.56 bits per heavy atom. The van der Waals surface area contributed by atoms with Crippen LogP contribution in [0.1, 0.15) is 33.1 Å². The highest BCUT2D eigenvalue weighted by Gasteiger charge is 2.08. The number of amides is 1. The second kappa shape index (κ2) is 6.26. The minimum atomic E-state index is -0.294. The molecule has 0 radical (unpaired) electrons. The Morgan fingerprint density at radius 2 is 2.00 bits per heavy atom. The molecule has 0 spiro atoms. The summed E-state index contributed by atoms with van der Waals surface area (Å²) in [5.41, 5.74) is 0.648. The van der Waals surface area contributed by atoms with Gasteiger partial charge in [-0.2, -0.15) is 0 Å². The van der Waals surface area contributed by atoms with Crippen molar-refractivity contribution >= 4 is 11.6 Å². The summed E-state index contributed by atoms with van der Waals surface area (Å²) in [6.45, 7) is 4.17. The van der Waals surface area contributed by atoms with Crippen molar-refractivity contribution in [1.29, 1.82) is 0 Å². The zero-order chi connectivity index (χ0) is 12.0. The van der Waals surface area contributed by atoms with Crippen LogP contribution in [0.3, 0.4) is 0 Å². The van der Waals surface area contributed by atoms with E-state index in [4.69, 9.17) is 0 Å². The van der Waals surface area contributed by atoms with Gasteiger partial charge in [-0.3, -0.25) is 4.79 Å². The fourth-order valence-electron chi connectivity index (χ4n) is 1.66. The molecule has 16 heavy (non-hydrogen) atoms. The van der Waals surface area contributed by atoms with Crippen molar-refractivity contribution in [3.8, 4) is 0 Å². The van der Waals surface area contributed by atoms with Crippen molar-refractivity contribution in [3.63, 3.8) is 0 Å². The maximum absolute atomic E-state index is 12.6. The molecule has 0 aliphatic carbocycles. The number of carbonyl (C=O) groups is 1. The number of nitrogens with one attached hydrogen (secondary N) is 1. The van der Waals surface area contributed by atoms with Crippen molar-refractivity contribution in [1.82, 2.24) is 0 Å². The lowest BCUT2D eigenvalue weighted by Crippen LogP contribution is -2.15. The monoisotopic (exact) mass is 223 g/mol. The van der Waals surface area contributed by atoms with Crippen LogP contribution in [0.15, 0.2) is 24.3 Å². The lowest BCUT2D eigenvalue weighted by molar-refractivity contribution is -0.117. The van der Waals surface area contributed by atoms with E-state index in [-0.39, 0.29) is 11.7 Å². The third-order valence-electron chi connectivity index (χ3n) is 2.44. The van der Waals surface area contributed by atoms with Crippen LogP contribution in [0.5, 0.6) is 0 Å². The number of halogens is 1. The third kappa shape index (κ3) is 4.43. The van der Waals surface area contributed by atoms with E-state index in [9.17, 15) is 9.18 Å².